The van der Waals surface area contributed by atoms with Crippen molar-refractivity contribution in [1.82, 2.24) is 10.6 Å². The van der Waals surface area contributed by atoms with Crippen molar-refractivity contribution < 1.29 is 0 Å². The molecule has 0 aromatic heterocycles. The van der Waals surface area contributed by atoms with Gasteiger partial charge in [-0.3, -0.25) is 0 Å². The molecule has 1 aliphatic heterocycles. The highest BCUT2D eigenvalue weighted by atomic mass is 14.9. The summed E-state index contributed by atoms with van der Waals surface area (Å²) in [4.78, 5) is 0. The van der Waals surface area contributed by atoms with Crippen molar-refractivity contribution in [2.45, 2.75) is 38.5 Å². The zero-order chi connectivity index (χ0) is 9.64. The first-order chi connectivity index (χ1) is 6.95. The van der Waals surface area contributed by atoms with Gasteiger partial charge in [0.1, 0.15) is 0 Å². The number of hydrogen-bond acceptors (Lipinski definition) is 2. The Kier molecular flexibility index (Phi) is 4.26. The fraction of sp³-hybridized carbons (Fsp3) is 1.00. The average molecular weight is 196 g/mol. The molecule has 1 aliphatic carbocycles. The minimum Gasteiger partial charge on any atom is -0.316 e. The van der Waals surface area contributed by atoms with E-state index in [0.29, 0.717) is 0 Å². The molecule has 1 saturated carbocycles. The summed E-state index contributed by atoms with van der Waals surface area (Å²) in [6.07, 6.45) is 8.72. The fourth-order valence-corrected chi connectivity index (χ4v) is 2.77. The molecular formula is C12H24N2. The van der Waals surface area contributed by atoms with Gasteiger partial charge >= 0.3 is 0 Å². The maximum Gasteiger partial charge on any atom is -0.000779 e. The molecule has 2 heteroatoms. The summed E-state index contributed by atoms with van der Waals surface area (Å²) in [6, 6.07) is 0. The molecule has 1 heterocycles. The third kappa shape index (κ3) is 3.25. The van der Waals surface area contributed by atoms with E-state index in [2.05, 4.69) is 10.6 Å². The van der Waals surface area contributed by atoms with Gasteiger partial charge in [0, 0.05) is 0 Å². The van der Waals surface area contributed by atoms with Crippen LogP contribution in [0.1, 0.15) is 38.5 Å². The van der Waals surface area contributed by atoms with E-state index >= 15 is 0 Å². The molecule has 0 radical (unpaired) electrons. The van der Waals surface area contributed by atoms with Gasteiger partial charge in [0.2, 0.25) is 0 Å². The molecule has 2 fully saturated rings. The Morgan fingerprint density at radius 1 is 0.929 bits per heavy atom. The quantitative estimate of drug-likeness (QED) is 0.716. The van der Waals surface area contributed by atoms with Gasteiger partial charge < -0.3 is 10.6 Å². The smallest absolute Gasteiger partial charge is 0.000779 e. The second-order valence-electron chi connectivity index (χ2n) is 5.02. The molecule has 0 aromatic carbocycles. The first kappa shape index (κ1) is 10.4. The van der Waals surface area contributed by atoms with Crippen LogP contribution in [0.2, 0.25) is 0 Å². The lowest BCUT2D eigenvalue weighted by Gasteiger charge is -2.22. The third-order valence-electron chi connectivity index (χ3n) is 3.75. The van der Waals surface area contributed by atoms with Gasteiger partial charge in [-0.15, -0.1) is 0 Å². The van der Waals surface area contributed by atoms with Gasteiger partial charge in [-0.05, 0) is 57.3 Å². The van der Waals surface area contributed by atoms with Crippen LogP contribution < -0.4 is 10.6 Å². The topological polar surface area (TPSA) is 24.1 Å². The highest BCUT2D eigenvalue weighted by molar-refractivity contribution is 4.74. The lowest BCUT2D eigenvalue weighted by atomic mass is 9.89. The van der Waals surface area contributed by atoms with Crippen molar-refractivity contribution in [2.24, 2.45) is 11.8 Å². The van der Waals surface area contributed by atoms with E-state index in [4.69, 9.17) is 0 Å². The monoisotopic (exact) mass is 196 g/mol. The van der Waals surface area contributed by atoms with Crippen molar-refractivity contribution >= 4 is 0 Å². The van der Waals surface area contributed by atoms with Crippen LogP contribution in [0.15, 0.2) is 0 Å². The summed E-state index contributed by atoms with van der Waals surface area (Å²) in [7, 11) is 0. The molecule has 2 nitrogen and oxygen atoms in total. The second-order valence-corrected chi connectivity index (χ2v) is 5.02. The molecule has 2 rings (SSSR count). The summed E-state index contributed by atoms with van der Waals surface area (Å²) < 4.78 is 0. The van der Waals surface area contributed by atoms with Gasteiger partial charge in [0.25, 0.3) is 0 Å². The third-order valence-corrected chi connectivity index (χ3v) is 3.75. The van der Waals surface area contributed by atoms with Crippen molar-refractivity contribution in [3.05, 3.63) is 0 Å². The van der Waals surface area contributed by atoms with Gasteiger partial charge in [-0.1, -0.05) is 19.3 Å². The Bertz CT molecular complexity index is 146. The highest BCUT2D eigenvalue weighted by Crippen LogP contribution is 2.22. The molecule has 1 saturated heterocycles. The van der Waals surface area contributed by atoms with Crippen LogP contribution in [0.3, 0.4) is 0 Å². The van der Waals surface area contributed by atoms with Crippen LogP contribution in [0.4, 0.5) is 0 Å². The van der Waals surface area contributed by atoms with Crippen LogP contribution in [0.25, 0.3) is 0 Å². The number of hydrogen-bond donors (Lipinski definition) is 2. The molecule has 14 heavy (non-hydrogen) atoms. The molecule has 1 atom stereocenters. The maximum atomic E-state index is 3.66. The second kappa shape index (κ2) is 5.72. The van der Waals surface area contributed by atoms with Crippen LogP contribution in [0.5, 0.6) is 0 Å². The standard InChI is InChI=1S/C12H24N2/c1-2-4-11(5-3-1)8-14-10-12-6-7-13-9-12/h11-14H,1-10H2. The predicted octanol–water partition coefficient (Wildman–Crippen LogP) is 1.77. The number of rotatable bonds is 4. The van der Waals surface area contributed by atoms with Crippen molar-refractivity contribution in [1.29, 1.82) is 0 Å². The molecule has 0 bridgehead atoms. The molecule has 0 amide bonds. The van der Waals surface area contributed by atoms with Gasteiger partial charge in [-0.25, -0.2) is 0 Å². The molecule has 0 aromatic rings. The Morgan fingerprint density at radius 3 is 2.43 bits per heavy atom. The zero-order valence-corrected chi connectivity index (χ0v) is 9.23. The first-order valence-corrected chi connectivity index (χ1v) is 6.36. The summed E-state index contributed by atoms with van der Waals surface area (Å²) in [5, 5.41) is 7.08. The average Bonchev–Trinajstić information content (AvgIpc) is 2.72. The van der Waals surface area contributed by atoms with E-state index in [1.165, 1.54) is 64.7 Å². The first-order valence-electron chi connectivity index (χ1n) is 6.36. The Hall–Kier alpha value is -0.0800. The van der Waals surface area contributed by atoms with E-state index < -0.39 is 0 Å². The van der Waals surface area contributed by atoms with Crippen molar-refractivity contribution in [2.75, 3.05) is 26.2 Å². The molecule has 82 valence electrons. The Balaban J connectivity index is 1.52. The molecule has 2 N–H and O–H groups in total. The minimum atomic E-state index is 0.901. The maximum absolute atomic E-state index is 3.66. The van der Waals surface area contributed by atoms with E-state index in [1.54, 1.807) is 0 Å². The highest BCUT2D eigenvalue weighted by Gasteiger charge is 2.16. The molecule has 0 spiro atoms. The number of nitrogens with one attached hydrogen (secondary N) is 2. The van der Waals surface area contributed by atoms with Crippen molar-refractivity contribution in [3.8, 4) is 0 Å². The summed E-state index contributed by atoms with van der Waals surface area (Å²) in [5.74, 6) is 1.89. The molecule has 2 aliphatic rings. The van der Waals surface area contributed by atoms with E-state index in [0.717, 1.165) is 11.8 Å². The van der Waals surface area contributed by atoms with E-state index in [-0.39, 0.29) is 0 Å². The van der Waals surface area contributed by atoms with Gasteiger partial charge in [0.15, 0.2) is 0 Å². The normalized spacial score (nSPS) is 29.6. The SMILES string of the molecule is C1CCC(CNCC2CCNC2)CC1. The predicted molar refractivity (Wildman–Crippen MR) is 60.4 cm³/mol. The fourth-order valence-electron chi connectivity index (χ4n) is 2.77. The zero-order valence-electron chi connectivity index (χ0n) is 9.23. The van der Waals surface area contributed by atoms with Crippen LogP contribution in [0, 0.1) is 11.8 Å². The summed E-state index contributed by atoms with van der Waals surface area (Å²) in [6.45, 7) is 4.98. The summed E-state index contributed by atoms with van der Waals surface area (Å²) >= 11 is 0. The largest absolute Gasteiger partial charge is 0.316 e. The van der Waals surface area contributed by atoms with E-state index in [1.807, 2.05) is 0 Å². The van der Waals surface area contributed by atoms with Crippen LogP contribution in [-0.4, -0.2) is 26.2 Å². The minimum absolute atomic E-state index is 0.901. The van der Waals surface area contributed by atoms with Crippen molar-refractivity contribution in [3.63, 3.8) is 0 Å². The summed E-state index contributed by atoms with van der Waals surface area (Å²) in [5.41, 5.74) is 0. The lowest BCUT2D eigenvalue weighted by Crippen LogP contribution is -2.30. The molecule has 1 unspecified atom stereocenters. The molecular weight excluding hydrogens is 172 g/mol. The van der Waals surface area contributed by atoms with Crippen LogP contribution in [-0.2, 0) is 0 Å². The van der Waals surface area contributed by atoms with E-state index in [9.17, 15) is 0 Å². The lowest BCUT2D eigenvalue weighted by molar-refractivity contribution is 0.334. The Labute approximate surface area is 87.8 Å². The van der Waals surface area contributed by atoms with Crippen LogP contribution >= 0.6 is 0 Å². The van der Waals surface area contributed by atoms with Gasteiger partial charge in [0.05, 0.1) is 0 Å². The van der Waals surface area contributed by atoms with Gasteiger partial charge in [-0.2, -0.15) is 0 Å². The Morgan fingerprint density at radius 2 is 1.71 bits per heavy atom.